The predicted molar refractivity (Wildman–Crippen MR) is 73.8 cm³/mol. The van der Waals surface area contributed by atoms with E-state index < -0.39 is 0 Å². The Morgan fingerprint density at radius 2 is 2.00 bits per heavy atom. The number of ether oxygens (including phenoxy) is 3. The maximum atomic E-state index is 11.5. The second-order valence-corrected chi connectivity index (χ2v) is 4.08. The molecule has 0 amide bonds. The number of carbonyl (C=O) groups is 1. The van der Waals surface area contributed by atoms with Gasteiger partial charge in [-0.05, 0) is 18.6 Å². The third kappa shape index (κ3) is 4.05. The van der Waals surface area contributed by atoms with Crippen molar-refractivity contribution in [2.24, 2.45) is 5.92 Å². The number of nitrogens with one attached hydrogen (secondary N) is 1. The Morgan fingerprint density at radius 1 is 1.26 bits per heavy atom. The first-order chi connectivity index (χ1) is 9.15. The Labute approximate surface area is 113 Å². The van der Waals surface area contributed by atoms with Crippen LogP contribution in [0, 0.1) is 5.92 Å². The Bertz CT molecular complexity index is 420. The smallest absolute Gasteiger partial charge is 0.310 e. The van der Waals surface area contributed by atoms with Crippen LogP contribution in [0.1, 0.15) is 13.3 Å². The molecule has 0 aliphatic carbocycles. The molecule has 0 fully saturated rings. The van der Waals surface area contributed by atoms with E-state index in [9.17, 15) is 4.79 Å². The molecule has 0 aliphatic rings. The van der Waals surface area contributed by atoms with Crippen LogP contribution in [-0.4, -0.2) is 33.8 Å². The molecule has 1 rings (SSSR count). The van der Waals surface area contributed by atoms with Gasteiger partial charge in [0.1, 0.15) is 11.5 Å². The van der Waals surface area contributed by atoms with E-state index in [0.717, 1.165) is 11.4 Å². The predicted octanol–water partition coefficient (Wildman–Crippen LogP) is 2.31. The minimum atomic E-state index is -0.211. The fraction of sp³-hybridized carbons (Fsp3) is 0.500. The Kier molecular flexibility index (Phi) is 5.99. The maximum absolute atomic E-state index is 11.5. The van der Waals surface area contributed by atoms with Crippen molar-refractivity contribution in [1.82, 2.24) is 0 Å². The normalized spacial score (nSPS) is 11.6. The summed E-state index contributed by atoms with van der Waals surface area (Å²) < 4.78 is 15.2. The number of carbonyl (C=O) groups excluding carboxylic acids is 1. The minimum Gasteiger partial charge on any atom is -0.497 e. The van der Waals surface area contributed by atoms with Crippen molar-refractivity contribution in [1.29, 1.82) is 0 Å². The largest absolute Gasteiger partial charge is 0.497 e. The van der Waals surface area contributed by atoms with Gasteiger partial charge in [0.05, 0.1) is 32.9 Å². The van der Waals surface area contributed by atoms with Gasteiger partial charge in [0.15, 0.2) is 0 Å². The highest BCUT2D eigenvalue weighted by Crippen LogP contribution is 2.29. The summed E-state index contributed by atoms with van der Waals surface area (Å²) in [6.07, 6.45) is 0.714. The monoisotopic (exact) mass is 267 g/mol. The zero-order valence-electron chi connectivity index (χ0n) is 11.9. The molecule has 1 aromatic carbocycles. The van der Waals surface area contributed by atoms with Crippen molar-refractivity contribution < 1.29 is 19.0 Å². The molecule has 0 saturated carbocycles. The molecule has 0 radical (unpaired) electrons. The van der Waals surface area contributed by atoms with Crippen molar-refractivity contribution in [3.63, 3.8) is 0 Å². The topological polar surface area (TPSA) is 56.8 Å². The summed E-state index contributed by atoms with van der Waals surface area (Å²) in [5, 5.41) is 3.20. The molecule has 1 atom stereocenters. The van der Waals surface area contributed by atoms with Crippen molar-refractivity contribution in [3.8, 4) is 11.5 Å². The first-order valence-electron chi connectivity index (χ1n) is 6.20. The van der Waals surface area contributed by atoms with Crippen LogP contribution in [0.3, 0.4) is 0 Å². The van der Waals surface area contributed by atoms with Crippen LogP contribution in [0.2, 0.25) is 0 Å². The van der Waals surface area contributed by atoms with Crippen LogP contribution >= 0.6 is 0 Å². The van der Waals surface area contributed by atoms with Gasteiger partial charge in [-0.15, -0.1) is 0 Å². The van der Waals surface area contributed by atoms with Gasteiger partial charge >= 0.3 is 5.97 Å². The summed E-state index contributed by atoms with van der Waals surface area (Å²) in [6.45, 7) is 2.44. The lowest BCUT2D eigenvalue weighted by molar-refractivity contribution is -0.145. The number of esters is 1. The molecule has 1 unspecified atom stereocenters. The van der Waals surface area contributed by atoms with Gasteiger partial charge in [0.25, 0.3) is 0 Å². The maximum Gasteiger partial charge on any atom is 0.310 e. The summed E-state index contributed by atoms with van der Waals surface area (Å²) >= 11 is 0. The standard InChI is InChI=1S/C14H21NO4/c1-5-10(14(16)19-4)9-15-12-8-11(17-2)6-7-13(12)18-3/h6-8,10,15H,5,9H2,1-4H3. The molecular formula is C14H21NO4. The zero-order chi connectivity index (χ0) is 14.3. The fourth-order valence-corrected chi connectivity index (χ4v) is 1.75. The SMILES string of the molecule is CCC(CNc1cc(OC)ccc1OC)C(=O)OC. The molecule has 0 bridgehead atoms. The van der Waals surface area contributed by atoms with E-state index in [4.69, 9.17) is 14.2 Å². The molecule has 0 heterocycles. The van der Waals surface area contributed by atoms with Gasteiger partial charge in [-0.25, -0.2) is 0 Å². The Morgan fingerprint density at radius 3 is 2.53 bits per heavy atom. The Hall–Kier alpha value is -1.91. The van der Waals surface area contributed by atoms with E-state index in [1.165, 1.54) is 7.11 Å². The first-order valence-corrected chi connectivity index (χ1v) is 6.20. The van der Waals surface area contributed by atoms with Gasteiger partial charge in [0, 0.05) is 12.6 Å². The minimum absolute atomic E-state index is 0.180. The highest BCUT2D eigenvalue weighted by molar-refractivity contribution is 5.73. The van der Waals surface area contributed by atoms with E-state index in [1.54, 1.807) is 14.2 Å². The van der Waals surface area contributed by atoms with Gasteiger partial charge in [-0.1, -0.05) is 6.92 Å². The van der Waals surface area contributed by atoms with E-state index >= 15 is 0 Å². The third-order valence-electron chi connectivity index (χ3n) is 2.97. The van der Waals surface area contributed by atoms with Crippen LogP contribution in [0.4, 0.5) is 5.69 Å². The number of benzene rings is 1. The highest BCUT2D eigenvalue weighted by atomic mass is 16.5. The molecule has 1 aromatic rings. The molecule has 0 aliphatic heterocycles. The molecule has 0 saturated heterocycles. The highest BCUT2D eigenvalue weighted by Gasteiger charge is 2.17. The quantitative estimate of drug-likeness (QED) is 0.768. The van der Waals surface area contributed by atoms with Gasteiger partial charge in [-0.3, -0.25) is 4.79 Å². The Balaban J connectivity index is 2.77. The summed E-state index contributed by atoms with van der Waals surface area (Å²) in [7, 11) is 4.61. The zero-order valence-corrected chi connectivity index (χ0v) is 11.9. The number of rotatable bonds is 7. The lowest BCUT2D eigenvalue weighted by Gasteiger charge is -2.16. The second kappa shape index (κ2) is 7.51. The summed E-state index contributed by atoms with van der Waals surface area (Å²) in [5.74, 6) is 1.05. The van der Waals surface area contributed by atoms with E-state index in [2.05, 4.69) is 5.32 Å². The molecule has 0 spiro atoms. The number of anilines is 1. The van der Waals surface area contributed by atoms with Crippen LogP contribution in [-0.2, 0) is 9.53 Å². The summed E-state index contributed by atoms with van der Waals surface area (Å²) in [5.41, 5.74) is 0.796. The number of hydrogen-bond donors (Lipinski definition) is 1. The molecule has 5 nitrogen and oxygen atoms in total. The fourth-order valence-electron chi connectivity index (χ4n) is 1.75. The first kappa shape index (κ1) is 15.1. The molecule has 106 valence electrons. The average molecular weight is 267 g/mol. The lowest BCUT2D eigenvalue weighted by Crippen LogP contribution is -2.23. The van der Waals surface area contributed by atoms with E-state index in [1.807, 2.05) is 25.1 Å². The summed E-state index contributed by atoms with van der Waals surface area (Å²) in [6, 6.07) is 5.48. The van der Waals surface area contributed by atoms with Crippen LogP contribution in [0.15, 0.2) is 18.2 Å². The molecular weight excluding hydrogens is 246 g/mol. The van der Waals surface area contributed by atoms with Gasteiger partial charge in [-0.2, -0.15) is 0 Å². The van der Waals surface area contributed by atoms with Crippen LogP contribution in [0.5, 0.6) is 11.5 Å². The van der Waals surface area contributed by atoms with Crippen LogP contribution < -0.4 is 14.8 Å². The number of hydrogen-bond acceptors (Lipinski definition) is 5. The van der Waals surface area contributed by atoms with E-state index in [-0.39, 0.29) is 11.9 Å². The van der Waals surface area contributed by atoms with Crippen LogP contribution in [0.25, 0.3) is 0 Å². The van der Waals surface area contributed by atoms with Gasteiger partial charge < -0.3 is 19.5 Å². The average Bonchev–Trinajstić information content (AvgIpc) is 2.47. The molecule has 19 heavy (non-hydrogen) atoms. The van der Waals surface area contributed by atoms with Crippen molar-refractivity contribution in [2.45, 2.75) is 13.3 Å². The molecule has 0 aromatic heterocycles. The van der Waals surface area contributed by atoms with Crippen molar-refractivity contribution in [2.75, 3.05) is 33.2 Å². The summed E-state index contributed by atoms with van der Waals surface area (Å²) in [4.78, 5) is 11.5. The third-order valence-corrected chi connectivity index (χ3v) is 2.97. The van der Waals surface area contributed by atoms with E-state index in [0.29, 0.717) is 18.7 Å². The van der Waals surface area contributed by atoms with Crippen molar-refractivity contribution >= 4 is 11.7 Å². The molecule has 1 N–H and O–H groups in total. The van der Waals surface area contributed by atoms with Gasteiger partial charge in [0.2, 0.25) is 0 Å². The molecule has 5 heteroatoms. The second-order valence-electron chi connectivity index (χ2n) is 4.08. The lowest BCUT2D eigenvalue weighted by atomic mass is 10.1. The number of methoxy groups -OCH3 is 3. The van der Waals surface area contributed by atoms with Crippen molar-refractivity contribution in [3.05, 3.63) is 18.2 Å².